The summed E-state index contributed by atoms with van der Waals surface area (Å²) in [5, 5.41) is 0. The standard InChI is InChI=1S/C25H20F3N3OS/c26-25(27,28)18-8-6-17(7-9-18)23-29-21-12-13-31(15-20(21)24(32)30-23)14-19-10-11-22(33-19)16-4-2-1-3-5-16/h1-11H,12-15H2,(H,29,30,32). The molecule has 2 aromatic heterocycles. The Labute approximate surface area is 192 Å². The largest absolute Gasteiger partial charge is 0.416 e. The maximum absolute atomic E-state index is 12.8. The zero-order valence-electron chi connectivity index (χ0n) is 17.5. The van der Waals surface area contributed by atoms with Gasteiger partial charge in [-0.15, -0.1) is 11.3 Å². The van der Waals surface area contributed by atoms with Gasteiger partial charge in [-0.25, -0.2) is 4.98 Å². The first-order valence-corrected chi connectivity index (χ1v) is 11.3. The quantitative estimate of drug-likeness (QED) is 0.416. The number of alkyl halides is 3. The van der Waals surface area contributed by atoms with Crippen molar-refractivity contribution in [3.05, 3.63) is 98.8 Å². The molecule has 5 rings (SSSR count). The van der Waals surface area contributed by atoms with Gasteiger partial charge < -0.3 is 4.98 Å². The first kappa shape index (κ1) is 21.6. The van der Waals surface area contributed by atoms with Gasteiger partial charge in [0.05, 0.1) is 16.8 Å². The minimum Gasteiger partial charge on any atom is -0.306 e. The van der Waals surface area contributed by atoms with Crippen LogP contribution in [0.25, 0.3) is 21.8 Å². The van der Waals surface area contributed by atoms with E-state index in [2.05, 4.69) is 39.1 Å². The van der Waals surface area contributed by atoms with Crippen molar-refractivity contribution in [2.24, 2.45) is 0 Å². The molecule has 8 heteroatoms. The molecule has 4 nitrogen and oxygen atoms in total. The van der Waals surface area contributed by atoms with Gasteiger partial charge in [-0.3, -0.25) is 9.69 Å². The van der Waals surface area contributed by atoms with Crippen LogP contribution in [0.15, 0.2) is 71.5 Å². The summed E-state index contributed by atoms with van der Waals surface area (Å²) in [4.78, 5) is 24.7. The minimum atomic E-state index is -4.40. The van der Waals surface area contributed by atoms with E-state index in [1.807, 2.05) is 18.2 Å². The molecule has 0 spiro atoms. The predicted molar refractivity (Wildman–Crippen MR) is 123 cm³/mol. The van der Waals surface area contributed by atoms with Crippen LogP contribution in [-0.4, -0.2) is 21.4 Å². The van der Waals surface area contributed by atoms with Gasteiger partial charge in [0.2, 0.25) is 0 Å². The second-order valence-corrected chi connectivity index (χ2v) is 9.18. The highest BCUT2D eigenvalue weighted by Crippen LogP contribution is 2.31. The lowest BCUT2D eigenvalue weighted by Gasteiger charge is -2.27. The third kappa shape index (κ3) is 4.62. The second-order valence-electron chi connectivity index (χ2n) is 8.01. The van der Waals surface area contributed by atoms with Crippen LogP contribution < -0.4 is 5.56 Å². The summed E-state index contributed by atoms with van der Waals surface area (Å²) in [6, 6.07) is 19.1. The van der Waals surface area contributed by atoms with Gasteiger partial charge in [0.25, 0.3) is 5.56 Å². The van der Waals surface area contributed by atoms with Crippen LogP contribution in [0.3, 0.4) is 0 Å². The monoisotopic (exact) mass is 467 g/mol. The highest BCUT2D eigenvalue weighted by Gasteiger charge is 2.30. The van der Waals surface area contributed by atoms with E-state index in [0.29, 0.717) is 35.6 Å². The van der Waals surface area contributed by atoms with Crippen LogP contribution in [0.5, 0.6) is 0 Å². The zero-order chi connectivity index (χ0) is 23.0. The molecule has 1 aliphatic rings. The predicted octanol–water partition coefficient (Wildman–Crippen LogP) is 5.74. The Morgan fingerprint density at radius 3 is 2.45 bits per heavy atom. The lowest BCUT2D eigenvalue weighted by atomic mass is 10.1. The Bertz CT molecular complexity index is 1330. The van der Waals surface area contributed by atoms with Crippen LogP contribution in [0, 0.1) is 0 Å². The first-order chi connectivity index (χ1) is 15.9. The average Bonchev–Trinajstić information content (AvgIpc) is 3.28. The Balaban J connectivity index is 1.32. The minimum absolute atomic E-state index is 0.240. The third-order valence-corrected chi connectivity index (χ3v) is 6.85. The lowest BCUT2D eigenvalue weighted by Crippen LogP contribution is -2.35. The summed E-state index contributed by atoms with van der Waals surface area (Å²) in [7, 11) is 0. The molecule has 3 heterocycles. The Morgan fingerprint density at radius 1 is 0.970 bits per heavy atom. The van der Waals surface area contributed by atoms with E-state index in [1.54, 1.807) is 11.3 Å². The van der Waals surface area contributed by atoms with Crippen molar-refractivity contribution in [1.82, 2.24) is 14.9 Å². The SMILES string of the molecule is O=c1[nH]c(-c2ccc(C(F)(F)F)cc2)nc2c1CN(Cc1ccc(-c3ccccc3)s1)CC2. The number of rotatable bonds is 4. The van der Waals surface area contributed by atoms with Crippen molar-refractivity contribution in [3.8, 4) is 21.8 Å². The van der Waals surface area contributed by atoms with Crippen LogP contribution in [0.1, 0.15) is 21.7 Å². The number of fused-ring (bicyclic) bond motifs is 1. The van der Waals surface area contributed by atoms with E-state index in [9.17, 15) is 18.0 Å². The van der Waals surface area contributed by atoms with Crippen molar-refractivity contribution >= 4 is 11.3 Å². The van der Waals surface area contributed by atoms with Gasteiger partial charge in [-0.2, -0.15) is 13.2 Å². The maximum atomic E-state index is 12.8. The number of hydrogen-bond donors (Lipinski definition) is 1. The Morgan fingerprint density at radius 2 is 1.73 bits per heavy atom. The Kier molecular flexibility index (Phi) is 5.64. The number of nitrogens with one attached hydrogen (secondary N) is 1. The topological polar surface area (TPSA) is 49.0 Å². The Hall–Kier alpha value is -3.23. The highest BCUT2D eigenvalue weighted by atomic mass is 32.1. The summed E-state index contributed by atoms with van der Waals surface area (Å²) in [6.45, 7) is 2.00. The van der Waals surface area contributed by atoms with E-state index in [4.69, 9.17) is 0 Å². The summed E-state index contributed by atoms with van der Waals surface area (Å²) in [5.41, 5.74) is 2.01. The molecule has 1 aliphatic heterocycles. The van der Waals surface area contributed by atoms with Crippen LogP contribution in [0.2, 0.25) is 0 Å². The molecular formula is C25H20F3N3OS. The fourth-order valence-corrected chi connectivity index (χ4v) is 5.07. The number of hydrogen-bond acceptors (Lipinski definition) is 4. The summed E-state index contributed by atoms with van der Waals surface area (Å²) in [5.74, 6) is 0.298. The average molecular weight is 468 g/mol. The van der Waals surface area contributed by atoms with E-state index >= 15 is 0 Å². The number of nitrogens with zero attached hydrogens (tertiary/aromatic N) is 2. The van der Waals surface area contributed by atoms with Gasteiger partial charge in [0.1, 0.15) is 5.82 Å². The molecule has 0 fully saturated rings. The third-order valence-electron chi connectivity index (χ3n) is 5.73. The van der Waals surface area contributed by atoms with Gasteiger partial charge >= 0.3 is 6.18 Å². The number of H-pyrrole nitrogens is 1. The summed E-state index contributed by atoms with van der Waals surface area (Å²) in [6.07, 6.45) is -3.78. The van der Waals surface area contributed by atoms with E-state index in [-0.39, 0.29) is 5.56 Å². The molecule has 4 aromatic rings. The number of aromatic nitrogens is 2. The van der Waals surface area contributed by atoms with Crippen molar-refractivity contribution in [3.63, 3.8) is 0 Å². The van der Waals surface area contributed by atoms with Crippen molar-refractivity contribution in [1.29, 1.82) is 0 Å². The number of benzene rings is 2. The van der Waals surface area contributed by atoms with E-state index < -0.39 is 11.7 Å². The zero-order valence-corrected chi connectivity index (χ0v) is 18.3. The molecule has 0 aliphatic carbocycles. The fraction of sp³-hybridized carbons (Fsp3) is 0.200. The van der Waals surface area contributed by atoms with Crippen LogP contribution in [0.4, 0.5) is 13.2 Å². The van der Waals surface area contributed by atoms with Crippen LogP contribution in [-0.2, 0) is 25.7 Å². The maximum Gasteiger partial charge on any atom is 0.416 e. The second kappa shape index (κ2) is 8.61. The molecule has 0 radical (unpaired) electrons. The lowest BCUT2D eigenvalue weighted by molar-refractivity contribution is -0.137. The molecule has 33 heavy (non-hydrogen) atoms. The fourth-order valence-electron chi connectivity index (χ4n) is 4.01. The van der Waals surface area contributed by atoms with Gasteiger partial charge in [-0.05, 0) is 29.8 Å². The number of aromatic amines is 1. The van der Waals surface area contributed by atoms with Gasteiger partial charge in [-0.1, -0.05) is 42.5 Å². The molecule has 1 N–H and O–H groups in total. The van der Waals surface area contributed by atoms with Gasteiger partial charge in [0.15, 0.2) is 0 Å². The highest BCUT2D eigenvalue weighted by molar-refractivity contribution is 7.15. The number of thiophene rings is 1. The van der Waals surface area contributed by atoms with E-state index in [1.165, 1.54) is 27.5 Å². The molecule has 168 valence electrons. The van der Waals surface area contributed by atoms with E-state index in [0.717, 1.165) is 25.2 Å². The molecule has 0 unspecified atom stereocenters. The molecule has 0 bridgehead atoms. The molecule has 0 saturated carbocycles. The van der Waals surface area contributed by atoms with Crippen molar-refractivity contribution in [2.45, 2.75) is 25.7 Å². The molecule has 0 amide bonds. The smallest absolute Gasteiger partial charge is 0.306 e. The summed E-state index contributed by atoms with van der Waals surface area (Å²) >= 11 is 1.74. The molecule has 2 aromatic carbocycles. The van der Waals surface area contributed by atoms with Crippen molar-refractivity contribution in [2.75, 3.05) is 6.54 Å². The summed E-state index contributed by atoms with van der Waals surface area (Å²) < 4.78 is 38.4. The molecule has 0 saturated heterocycles. The first-order valence-electron chi connectivity index (χ1n) is 10.5. The molecular weight excluding hydrogens is 447 g/mol. The van der Waals surface area contributed by atoms with Gasteiger partial charge in [0, 0.05) is 41.4 Å². The molecule has 0 atom stereocenters. The normalized spacial score (nSPS) is 14.3. The number of halogens is 3. The van der Waals surface area contributed by atoms with Crippen molar-refractivity contribution < 1.29 is 13.2 Å². The van der Waals surface area contributed by atoms with Crippen LogP contribution >= 0.6 is 11.3 Å².